The first kappa shape index (κ1) is 18.4. The molecule has 140 valence electrons. The predicted molar refractivity (Wildman–Crippen MR) is 116 cm³/mol. The summed E-state index contributed by atoms with van der Waals surface area (Å²) in [5, 5.41) is 3.53. The van der Waals surface area contributed by atoms with Crippen LogP contribution in [0.2, 0.25) is 5.02 Å². The van der Waals surface area contributed by atoms with Gasteiger partial charge in [0.25, 0.3) is 0 Å². The quantitative estimate of drug-likeness (QED) is 0.515. The fourth-order valence-corrected chi connectivity index (χ4v) is 4.06. The monoisotopic (exact) mass is 496 g/mol. The number of urea groups is 1. The zero-order valence-corrected chi connectivity index (χ0v) is 17.3. The summed E-state index contributed by atoms with van der Waals surface area (Å²) in [6.07, 6.45) is 1.46. The van der Waals surface area contributed by atoms with Gasteiger partial charge in [0, 0.05) is 33.4 Å². The first-order valence-electron chi connectivity index (χ1n) is 8.72. The van der Waals surface area contributed by atoms with Gasteiger partial charge in [-0.15, -0.1) is 0 Å². The molecule has 0 spiro atoms. The molecule has 8 heteroatoms. The Morgan fingerprint density at radius 3 is 2.56 bits per heavy atom. The molecule has 2 aromatic carbocycles. The van der Waals surface area contributed by atoms with Crippen molar-refractivity contribution in [1.29, 1.82) is 0 Å². The van der Waals surface area contributed by atoms with E-state index < -0.39 is 0 Å². The van der Waals surface area contributed by atoms with Crippen LogP contribution in [0.5, 0.6) is 0 Å². The van der Waals surface area contributed by atoms with Crippen LogP contribution in [-0.2, 0) is 0 Å². The van der Waals surface area contributed by atoms with Gasteiger partial charge in [-0.2, -0.15) is 0 Å². The molecule has 2 N–H and O–H groups in total. The summed E-state index contributed by atoms with van der Waals surface area (Å²) < 4.78 is 2.91. The van der Waals surface area contributed by atoms with Gasteiger partial charge in [-0.25, -0.2) is 9.59 Å². The molecule has 3 aromatic rings. The molecule has 27 heavy (non-hydrogen) atoms. The van der Waals surface area contributed by atoms with E-state index in [2.05, 4.69) is 32.9 Å². The normalized spacial score (nSPS) is 15.3. The SMILES string of the molecule is O=C(Nc1ccc(I)cc1)N1CCC(n2c(=O)[nH]c3cc(Cl)ccc32)CC1. The highest BCUT2D eigenvalue weighted by Gasteiger charge is 2.26. The van der Waals surface area contributed by atoms with Crippen molar-refractivity contribution in [2.24, 2.45) is 0 Å². The third-order valence-electron chi connectivity index (χ3n) is 4.89. The Balaban J connectivity index is 1.44. The van der Waals surface area contributed by atoms with E-state index in [0.717, 1.165) is 33.1 Å². The van der Waals surface area contributed by atoms with Crippen molar-refractivity contribution < 1.29 is 4.79 Å². The van der Waals surface area contributed by atoms with Crippen LogP contribution in [0.25, 0.3) is 11.0 Å². The number of nitrogens with one attached hydrogen (secondary N) is 2. The second-order valence-electron chi connectivity index (χ2n) is 6.62. The molecule has 1 aliphatic heterocycles. The van der Waals surface area contributed by atoms with Crippen molar-refractivity contribution in [2.75, 3.05) is 18.4 Å². The van der Waals surface area contributed by atoms with Gasteiger partial charge in [-0.05, 0) is 77.9 Å². The maximum Gasteiger partial charge on any atom is 0.326 e. The lowest BCUT2D eigenvalue weighted by atomic mass is 10.0. The van der Waals surface area contributed by atoms with Gasteiger partial charge in [0.1, 0.15) is 0 Å². The zero-order valence-electron chi connectivity index (χ0n) is 14.4. The average molecular weight is 497 g/mol. The topological polar surface area (TPSA) is 70.1 Å². The highest BCUT2D eigenvalue weighted by molar-refractivity contribution is 14.1. The molecule has 0 radical (unpaired) electrons. The van der Waals surface area contributed by atoms with E-state index >= 15 is 0 Å². The van der Waals surface area contributed by atoms with Crippen LogP contribution in [-0.4, -0.2) is 33.6 Å². The molecule has 2 heterocycles. The number of nitrogens with zero attached hydrogens (tertiary/aromatic N) is 2. The number of aromatic amines is 1. The summed E-state index contributed by atoms with van der Waals surface area (Å²) >= 11 is 8.24. The molecule has 1 aromatic heterocycles. The molecular formula is C19H18ClIN4O2. The van der Waals surface area contributed by atoms with Crippen molar-refractivity contribution in [3.8, 4) is 0 Å². The number of hydrogen-bond acceptors (Lipinski definition) is 2. The smallest absolute Gasteiger partial charge is 0.324 e. The predicted octanol–water partition coefficient (Wildman–Crippen LogP) is 4.46. The standard InChI is InChI=1S/C19H18ClIN4O2/c20-12-1-6-17-16(11-12)23-19(27)25(17)15-7-9-24(10-8-15)18(26)22-14-4-2-13(21)3-5-14/h1-6,11,15H,7-10H2,(H,22,26)(H,23,27). The minimum absolute atomic E-state index is 0.0646. The maximum atomic E-state index is 12.5. The molecule has 0 unspecified atom stereocenters. The number of H-pyrrole nitrogens is 1. The number of imidazole rings is 1. The van der Waals surface area contributed by atoms with Gasteiger partial charge in [-0.1, -0.05) is 11.6 Å². The van der Waals surface area contributed by atoms with Crippen molar-refractivity contribution in [1.82, 2.24) is 14.5 Å². The molecule has 6 nitrogen and oxygen atoms in total. The van der Waals surface area contributed by atoms with E-state index in [1.807, 2.05) is 30.3 Å². The van der Waals surface area contributed by atoms with Crippen LogP contribution in [0.1, 0.15) is 18.9 Å². The Labute approximate surface area is 174 Å². The first-order valence-corrected chi connectivity index (χ1v) is 10.2. The van der Waals surface area contributed by atoms with Gasteiger partial charge >= 0.3 is 11.7 Å². The number of carbonyl (C=O) groups is 1. The number of carbonyl (C=O) groups excluding carboxylic acids is 1. The molecular weight excluding hydrogens is 479 g/mol. The van der Waals surface area contributed by atoms with Gasteiger partial charge in [0.05, 0.1) is 11.0 Å². The van der Waals surface area contributed by atoms with Gasteiger partial charge in [-0.3, -0.25) is 4.57 Å². The second kappa shape index (κ2) is 7.55. The number of amides is 2. The number of hydrogen-bond donors (Lipinski definition) is 2. The van der Waals surface area contributed by atoms with Gasteiger partial charge in [0.2, 0.25) is 0 Å². The third kappa shape index (κ3) is 3.84. The van der Waals surface area contributed by atoms with Crippen LogP contribution in [0, 0.1) is 3.57 Å². The van der Waals surface area contributed by atoms with Crippen molar-refractivity contribution in [3.05, 3.63) is 61.5 Å². The third-order valence-corrected chi connectivity index (χ3v) is 5.85. The first-order chi connectivity index (χ1) is 13.0. The van der Waals surface area contributed by atoms with Crippen molar-refractivity contribution >= 4 is 56.9 Å². The van der Waals surface area contributed by atoms with Crippen molar-refractivity contribution in [2.45, 2.75) is 18.9 Å². The Kier molecular flexibility index (Phi) is 5.14. The van der Waals surface area contributed by atoms with Gasteiger partial charge < -0.3 is 15.2 Å². The summed E-state index contributed by atoms with van der Waals surface area (Å²) in [7, 11) is 0. The fraction of sp³-hybridized carbons (Fsp3) is 0.263. The summed E-state index contributed by atoms with van der Waals surface area (Å²) in [6, 6.07) is 13.1. The number of halogens is 2. The highest BCUT2D eigenvalue weighted by Crippen LogP contribution is 2.26. The number of anilines is 1. The number of benzene rings is 2. The number of likely N-dealkylation sites (tertiary alicyclic amines) is 1. The van der Waals surface area contributed by atoms with E-state index in [1.54, 1.807) is 21.6 Å². The Hall–Kier alpha value is -2.00. The van der Waals surface area contributed by atoms with E-state index in [0.29, 0.717) is 18.1 Å². The number of rotatable bonds is 2. The number of piperidine rings is 1. The number of aromatic nitrogens is 2. The molecule has 1 saturated heterocycles. The molecule has 2 amide bonds. The largest absolute Gasteiger partial charge is 0.326 e. The number of fused-ring (bicyclic) bond motifs is 1. The minimum Gasteiger partial charge on any atom is -0.324 e. The summed E-state index contributed by atoms with van der Waals surface area (Å²) in [5.74, 6) is 0. The molecule has 0 bridgehead atoms. The Bertz CT molecular complexity index is 1040. The average Bonchev–Trinajstić information content (AvgIpc) is 2.98. The lowest BCUT2D eigenvalue weighted by molar-refractivity contribution is 0.184. The summed E-state index contributed by atoms with van der Waals surface area (Å²) in [6.45, 7) is 1.21. The zero-order chi connectivity index (χ0) is 19.0. The maximum absolute atomic E-state index is 12.5. The highest BCUT2D eigenvalue weighted by atomic mass is 127. The summed E-state index contributed by atoms with van der Waals surface area (Å²) in [4.78, 5) is 29.6. The Morgan fingerprint density at radius 1 is 1.15 bits per heavy atom. The van der Waals surface area contributed by atoms with E-state index in [9.17, 15) is 9.59 Å². The molecule has 0 saturated carbocycles. The van der Waals surface area contributed by atoms with E-state index in [1.165, 1.54) is 0 Å². The molecule has 0 aliphatic carbocycles. The minimum atomic E-state index is -0.131. The van der Waals surface area contributed by atoms with Crippen LogP contribution < -0.4 is 11.0 Å². The van der Waals surface area contributed by atoms with Crippen LogP contribution in [0.15, 0.2) is 47.3 Å². The molecule has 1 aliphatic rings. The van der Waals surface area contributed by atoms with Crippen LogP contribution >= 0.6 is 34.2 Å². The fourth-order valence-electron chi connectivity index (χ4n) is 3.53. The van der Waals surface area contributed by atoms with Crippen LogP contribution in [0.4, 0.5) is 10.5 Å². The molecule has 0 atom stereocenters. The Morgan fingerprint density at radius 2 is 1.85 bits per heavy atom. The molecule has 1 fully saturated rings. The van der Waals surface area contributed by atoms with E-state index in [-0.39, 0.29) is 17.8 Å². The van der Waals surface area contributed by atoms with Crippen LogP contribution in [0.3, 0.4) is 0 Å². The summed E-state index contributed by atoms with van der Waals surface area (Å²) in [5.41, 5.74) is 2.25. The van der Waals surface area contributed by atoms with Crippen molar-refractivity contribution in [3.63, 3.8) is 0 Å². The second-order valence-corrected chi connectivity index (χ2v) is 8.30. The van der Waals surface area contributed by atoms with E-state index in [4.69, 9.17) is 11.6 Å². The molecule has 4 rings (SSSR count). The van der Waals surface area contributed by atoms with Gasteiger partial charge in [0.15, 0.2) is 0 Å². The lowest BCUT2D eigenvalue weighted by Crippen LogP contribution is -2.42. The lowest BCUT2D eigenvalue weighted by Gasteiger charge is -2.32.